The van der Waals surface area contributed by atoms with Crippen molar-refractivity contribution in [1.82, 2.24) is 14.8 Å². The van der Waals surface area contributed by atoms with Crippen molar-refractivity contribution in [3.05, 3.63) is 5.82 Å². The highest BCUT2D eigenvalue weighted by molar-refractivity contribution is 5.10. The summed E-state index contributed by atoms with van der Waals surface area (Å²) in [4.78, 5) is 0. The molecule has 0 saturated heterocycles. The maximum Gasteiger partial charge on any atom is 0.316 e. The highest BCUT2D eigenvalue weighted by Gasteiger charge is 2.25. The fraction of sp³-hybridized carbons (Fsp3) is 0.778. The van der Waals surface area contributed by atoms with E-state index in [2.05, 4.69) is 35.5 Å². The van der Waals surface area contributed by atoms with Crippen molar-refractivity contribution in [1.29, 1.82) is 0 Å². The van der Waals surface area contributed by atoms with Crippen molar-refractivity contribution >= 4 is 0 Å². The molecule has 0 bridgehead atoms. The molecule has 1 aromatic heterocycles. The number of fused-ring (bicyclic) bond motifs is 1. The SMILES string of the molecule is CC(C)(C)c1nnc2n1CCCO2. The van der Waals surface area contributed by atoms with Crippen molar-refractivity contribution in [3.8, 4) is 6.01 Å². The van der Waals surface area contributed by atoms with Crippen molar-refractivity contribution in [2.75, 3.05) is 6.61 Å². The number of rotatable bonds is 0. The van der Waals surface area contributed by atoms with Gasteiger partial charge in [-0.25, -0.2) is 0 Å². The summed E-state index contributed by atoms with van der Waals surface area (Å²) in [5, 5.41) is 8.17. The summed E-state index contributed by atoms with van der Waals surface area (Å²) in [6, 6.07) is 0.677. The summed E-state index contributed by atoms with van der Waals surface area (Å²) in [6.45, 7) is 8.16. The van der Waals surface area contributed by atoms with Crippen molar-refractivity contribution in [3.63, 3.8) is 0 Å². The molecular weight excluding hydrogens is 166 g/mol. The maximum atomic E-state index is 5.39. The predicted octanol–water partition coefficient (Wildman–Crippen LogP) is 1.36. The number of hydrogen-bond acceptors (Lipinski definition) is 3. The largest absolute Gasteiger partial charge is 0.463 e. The normalized spacial score (nSPS) is 16.5. The van der Waals surface area contributed by atoms with E-state index < -0.39 is 0 Å². The van der Waals surface area contributed by atoms with Crippen LogP contribution in [0.1, 0.15) is 33.0 Å². The first-order valence-corrected chi connectivity index (χ1v) is 4.65. The van der Waals surface area contributed by atoms with E-state index in [-0.39, 0.29) is 5.41 Å². The first-order chi connectivity index (χ1) is 6.09. The third-order valence-corrected chi connectivity index (χ3v) is 2.14. The van der Waals surface area contributed by atoms with E-state index >= 15 is 0 Å². The highest BCUT2D eigenvalue weighted by Crippen LogP contribution is 2.25. The van der Waals surface area contributed by atoms with Gasteiger partial charge in [0.2, 0.25) is 0 Å². The molecule has 1 aromatic rings. The van der Waals surface area contributed by atoms with Gasteiger partial charge < -0.3 is 4.74 Å². The average Bonchev–Trinajstić information content (AvgIpc) is 2.45. The Balaban J connectivity index is 2.43. The Labute approximate surface area is 77.9 Å². The molecule has 2 heterocycles. The van der Waals surface area contributed by atoms with Crippen LogP contribution in [0, 0.1) is 0 Å². The molecule has 0 atom stereocenters. The van der Waals surface area contributed by atoms with Gasteiger partial charge in [0.1, 0.15) is 5.82 Å². The minimum Gasteiger partial charge on any atom is -0.463 e. The summed E-state index contributed by atoms with van der Waals surface area (Å²) < 4.78 is 7.46. The second kappa shape index (κ2) is 2.72. The van der Waals surface area contributed by atoms with Gasteiger partial charge in [0.25, 0.3) is 0 Å². The summed E-state index contributed by atoms with van der Waals surface area (Å²) in [5.74, 6) is 1.02. The minimum absolute atomic E-state index is 0.0476. The molecule has 0 saturated carbocycles. The number of nitrogens with zero attached hydrogens (tertiary/aromatic N) is 3. The van der Waals surface area contributed by atoms with Crippen molar-refractivity contribution < 1.29 is 4.74 Å². The van der Waals surface area contributed by atoms with Gasteiger partial charge in [0.05, 0.1) is 6.61 Å². The van der Waals surface area contributed by atoms with E-state index in [9.17, 15) is 0 Å². The second-order valence-electron chi connectivity index (χ2n) is 4.41. The lowest BCUT2D eigenvalue weighted by molar-refractivity contribution is 0.225. The molecule has 4 heteroatoms. The lowest BCUT2D eigenvalue weighted by atomic mass is 9.95. The van der Waals surface area contributed by atoms with Crippen molar-refractivity contribution in [2.24, 2.45) is 0 Å². The Morgan fingerprint density at radius 1 is 1.31 bits per heavy atom. The van der Waals surface area contributed by atoms with Gasteiger partial charge in [-0.1, -0.05) is 25.9 Å². The Bertz CT molecular complexity index is 311. The molecule has 0 aromatic carbocycles. The van der Waals surface area contributed by atoms with Crippen LogP contribution in [0.4, 0.5) is 0 Å². The smallest absolute Gasteiger partial charge is 0.316 e. The molecule has 0 amide bonds. The first kappa shape index (κ1) is 8.53. The number of aromatic nitrogens is 3. The topological polar surface area (TPSA) is 39.9 Å². The number of ether oxygens (including phenoxy) is 1. The Morgan fingerprint density at radius 2 is 2.08 bits per heavy atom. The van der Waals surface area contributed by atoms with E-state index in [0.29, 0.717) is 6.01 Å². The molecule has 1 aliphatic heterocycles. The van der Waals surface area contributed by atoms with E-state index in [0.717, 1.165) is 25.4 Å². The van der Waals surface area contributed by atoms with Gasteiger partial charge in [-0.15, -0.1) is 5.10 Å². The van der Waals surface area contributed by atoms with E-state index in [1.54, 1.807) is 0 Å². The van der Waals surface area contributed by atoms with Gasteiger partial charge >= 0.3 is 6.01 Å². The predicted molar refractivity (Wildman–Crippen MR) is 48.8 cm³/mol. The summed E-state index contributed by atoms with van der Waals surface area (Å²) in [6.07, 6.45) is 1.05. The van der Waals surface area contributed by atoms with Crippen LogP contribution in [0.5, 0.6) is 6.01 Å². The molecule has 0 radical (unpaired) electrons. The summed E-state index contributed by atoms with van der Waals surface area (Å²) in [7, 11) is 0. The zero-order valence-corrected chi connectivity index (χ0v) is 8.37. The van der Waals surface area contributed by atoms with Crippen LogP contribution in [0.25, 0.3) is 0 Å². The first-order valence-electron chi connectivity index (χ1n) is 4.65. The van der Waals surface area contributed by atoms with Gasteiger partial charge in [-0.05, 0) is 6.42 Å². The third kappa shape index (κ3) is 1.41. The Kier molecular flexibility index (Phi) is 1.78. The fourth-order valence-electron chi connectivity index (χ4n) is 1.54. The Hall–Kier alpha value is -1.06. The fourth-order valence-corrected chi connectivity index (χ4v) is 1.54. The van der Waals surface area contributed by atoms with Crippen LogP contribution in [-0.4, -0.2) is 21.4 Å². The van der Waals surface area contributed by atoms with Crippen molar-refractivity contribution in [2.45, 2.75) is 39.2 Å². The lowest BCUT2D eigenvalue weighted by Crippen LogP contribution is -2.22. The van der Waals surface area contributed by atoms with Gasteiger partial charge in [-0.2, -0.15) is 0 Å². The highest BCUT2D eigenvalue weighted by atomic mass is 16.5. The molecule has 72 valence electrons. The molecule has 0 aliphatic carbocycles. The van der Waals surface area contributed by atoms with Gasteiger partial charge in [0, 0.05) is 12.0 Å². The molecule has 1 aliphatic rings. The molecule has 2 rings (SSSR count). The van der Waals surface area contributed by atoms with E-state index in [1.807, 2.05) is 0 Å². The van der Waals surface area contributed by atoms with Crippen LogP contribution in [0.3, 0.4) is 0 Å². The summed E-state index contributed by atoms with van der Waals surface area (Å²) in [5.41, 5.74) is 0.0476. The molecule has 4 nitrogen and oxygen atoms in total. The zero-order valence-electron chi connectivity index (χ0n) is 8.37. The molecular formula is C9H15N3O. The van der Waals surface area contributed by atoms with Crippen LogP contribution in [-0.2, 0) is 12.0 Å². The maximum absolute atomic E-state index is 5.39. The standard InChI is InChI=1S/C9H15N3O/c1-9(2,3)7-10-11-8-12(7)5-4-6-13-8/h4-6H2,1-3H3. The zero-order chi connectivity index (χ0) is 9.47. The third-order valence-electron chi connectivity index (χ3n) is 2.14. The Morgan fingerprint density at radius 3 is 2.77 bits per heavy atom. The lowest BCUT2D eigenvalue weighted by Gasteiger charge is -2.21. The molecule has 0 unspecified atom stereocenters. The molecule has 0 N–H and O–H groups in total. The van der Waals surface area contributed by atoms with Gasteiger partial charge in [-0.3, -0.25) is 4.57 Å². The quantitative estimate of drug-likeness (QED) is 0.606. The summed E-state index contributed by atoms with van der Waals surface area (Å²) >= 11 is 0. The van der Waals surface area contributed by atoms with Crippen LogP contribution in [0.2, 0.25) is 0 Å². The monoisotopic (exact) mass is 181 g/mol. The van der Waals surface area contributed by atoms with Crippen LogP contribution >= 0.6 is 0 Å². The number of hydrogen-bond donors (Lipinski definition) is 0. The minimum atomic E-state index is 0.0476. The molecule has 13 heavy (non-hydrogen) atoms. The average molecular weight is 181 g/mol. The van der Waals surface area contributed by atoms with E-state index in [1.165, 1.54) is 0 Å². The van der Waals surface area contributed by atoms with Crippen LogP contribution in [0.15, 0.2) is 0 Å². The van der Waals surface area contributed by atoms with Gasteiger partial charge in [0.15, 0.2) is 0 Å². The van der Waals surface area contributed by atoms with E-state index in [4.69, 9.17) is 4.74 Å². The van der Waals surface area contributed by atoms with Crippen LogP contribution < -0.4 is 4.74 Å². The second-order valence-corrected chi connectivity index (χ2v) is 4.41. The molecule has 0 spiro atoms. The molecule has 0 fully saturated rings.